The van der Waals surface area contributed by atoms with Gasteiger partial charge in [-0.3, -0.25) is 9.59 Å². The lowest BCUT2D eigenvalue weighted by Crippen LogP contribution is -2.56. The quantitative estimate of drug-likeness (QED) is 0.281. The second-order valence-electron chi connectivity index (χ2n) is 14.6. The maximum absolute atomic E-state index is 14.0. The number of hydrogen-bond donors (Lipinski definition) is 0. The van der Waals surface area contributed by atoms with Crippen LogP contribution in [0.1, 0.15) is 84.1 Å². The molecular weight excluding hydrogens is 636 g/mol. The smallest absolute Gasteiger partial charge is 0.349 e. The molecule has 7 rings (SSSR count). The van der Waals surface area contributed by atoms with Crippen molar-refractivity contribution >= 4 is 23.5 Å². The highest BCUT2D eigenvalue weighted by atomic mass is 16.8. The molecule has 4 saturated heterocycles. The summed E-state index contributed by atoms with van der Waals surface area (Å²) in [6, 6.07) is 14.1. The van der Waals surface area contributed by atoms with Gasteiger partial charge in [0.1, 0.15) is 23.7 Å². The summed E-state index contributed by atoms with van der Waals surface area (Å²) in [6.07, 6.45) is -1.22. The van der Waals surface area contributed by atoms with E-state index in [-0.39, 0.29) is 39.3 Å². The van der Waals surface area contributed by atoms with Crippen molar-refractivity contribution in [1.29, 1.82) is 0 Å². The molecule has 0 aliphatic carbocycles. The zero-order valence-electron chi connectivity index (χ0n) is 28.6. The molecule has 262 valence electrons. The van der Waals surface area contributed by atoms with Gasteiger partial charge in [-0.25, -0.2) is 9.59 Å². The number of Topliss-reactive ketones (excluding diaryl/α,β-unsaturated/α-hetero) is 2. The van der Waals surface area contributed by atoms with Crippen LogP contribution in [0.4, 0.5) is 0 Å². The van der Waals surface area contributed by atoms with E-state index in [0.29, 0.717) is 29.0 Å². The maximum Gasteiger partial charge on any atom is 0.349 e. The van der Waals surface area contributed by atoms with Gasteiger partial charge in [0.25, 0.3) is 11.2 Å². The molecule has 5 aliphatic heterocycles. The van der Waals surface area contributed by atoms with E-state index in [1.54, 1.807) is 90.1 Å². The van der Waals surface area contributed by atoms with Crippen molar-refractivity contribution in [3.63, 3.8) is 0 Å². The van der Waals surface area contributed by atoms with Crippen LogP contribution in [0.3, 0.4) is 0 Å². The average Bonchev–Trinajstić information content (AvgIpc) is 3.68. The van der Waals surface area contributed by atoms with E-state index >= 15 is 0 Å². The van der Waals surface area contributed by atoms with Crippen LogP contribution in [0, 0.1) is 10.8 Å². The van der Waals surface area contributed by atoms with E-state index in [1.165, 1.54) is 0 Å². The second-order valence-corrected chi connectivity index (χ2v) is 14.6. The van der Waals surface area contributed by atoms with Gasteiger partial charge in [-0.2, -0.15) is 0 Å². The lowest BCUT2D eigenvalue weighted by Gasteiger charge is -2.38. The largest absolute Gasteiger partial charge is 0.493 e. The van der Waals surface area contributed by atoms with Gasteiger partial charge in [-0.1, -0.05) is 36.4 Å². The zero-order valence-corrected chi connectivity index (χ0v) is 28.6. The Morgan fingerprint density at radius 1 is 0.510 bits per heavy atom. The lowest BCUT2D eigenvalue weighted by atomic mass is 9.71. The summed E-state index contributed by atoms with van der Waals surface area (Å²) >= 11 is 0. The van der Waals surface area contributed by atoms with Gasteiger partial charge in [0.15, 0.2) is 23.1 Å². The first-order chi connectivity index (χ1) is 23.2. The molecule has 12 nitrogen and oxygen atoms in total. The van der Waals surface area contributed by atoms with Crippen molar-refractivity contribution in [2.45, 2.75) is 95.8 Å². The standard InChI is InChI=1S/C37H42O12/c1-32(2)28(38)36-26(46-34(32,5)48-36)22-14-7-9-16-24(22)42-20-13-21-43-25-17-10-8-15-23(25)27-37(29(39)33(3,4)35(6,47-27)49-37)31(41)45-19-12-11-18-44-30(36)40/h7-10,14-17,26-27H,11-13,18-21H2,1-6H3. The third-order valence-corrected chi connectivity index (χ3v) is 11.0. The first-order valence-electron chi connectivity index (χ1n) is 16.8. The molecule has 0 aromatic heterocycles. The van der Waals surface area contributed by atoms with Gasteiger partial charge < -0.3 is 37.9 Å². The molecule has 2 aromatic rings. The van der Waals surface area contributed by atoms with Crippen molar-refractivity contribution in [1.82, 2.24) is 0 Å². The van der Waals surface area contributed by atoms with Crippen LogP contribution in [0.2, 0.25) is 0 Å². The molecule has 2 aromatic carbocycles. The highest BCUT2D eigenvalue weighted by molar-refractivity contribution is 6.14. The fraction of sp³-hybridized carbons (Fsp3) is 0.568. The number of carbonyl (C=O) groups excluding carboxylic acids is 4. The molecule has 0 amide bonds. The molecule has 0 N–H and O–H groups in total. The van der Waals surface area contributed by atoms with Crippen LogP contribution in [0.15, 0.2) is 48.5 Å². The summed E-state index contributed by atoms with van der Waals surface area (Å²) in [4.78, 5) is 55.8. The number of fused-ring (bicyclic) bond motifs is 6. The number of cyclic esters (lactones) is 2. The minimum Gasteiger partial charge on any atom is -0.493 e. The Morgan fingerprint density at radius 3 is 1.27 bits per heavy atom. The van der Waals surface area contributed by atoms with Crippen molar-refractivity contribution in [3.05, 3.63) is 59.7 Å². The molecule has 4 fully saturated rings. The summed E-state index contributed by atoms with van der Waals surface area (Å²) in [5.74, 6) is -4.55. The Hall–Kier alpha value is -3.84. The monoisotopic (exact) mass is 678 g/mol. The number of benzene rings is 2. The topological polar surface area (TPSA) is 142 Å². The highest BCUT2D eigenvalue weighted by Gasteiger charge is 2.81. The highest BCUT2D eigenvalue weighted by Crippen LogP contribution is 2.64. The summed E-state index contributed by atoms with van der Waals surface area (Å²) in [6.45, 7) is 10.3. The summed E-state index contributed by atoms with van der Waals surface area (Å²) in [5, 5.41) is 0. The van der Waals surface area contributed by atoms with Gasteiger partial charge >= 0.3 is 11.9 Å². The van der Waals surface area contributed by atoms with Gasteiger partial charge in [0, 0.05) is 17.5 Å². The Labute approximate surface area is 284 Å². The van der Waals surface area contributed by atoms with Crippen molar-refractivity contribution < 1.29 is 57.1 Å². The predicted molar refractivity (Wildman–Crippen MR) is 169 cm³/mol. The number of hydrogen-bond acceptors (Lipinski definition) is 12. The summed E-state index contributed by atoms with van der Waals surface area (Å²) in [5.41, 5.74) is -5.42. The van der Waals surface area contributed by atoms with E-state index in [0.717, 1.165) is 0 Å². The van der Waals surface area contributed by atoms with E-state index < -0.39 is 69.3 Å². The minimum absolute atomic E-state index is 0.0844. The SMILES string of the molecule is CC12OC3c4ccccc4OCCCOc4ccccc4C4OC5(C)OC4(C(=O)OCCCCOC(=O)C3(O1)C(=O)C2(C)C)C(=O)C5(C)C. The number of rotatable bonds is 0. The number of esters is 2. The fourth-order valence-electron chi connectivity index (χ4n) is 7.48. The molecule has 4 bridgehead atoms. The van der Waals surface area contributed by atoms with Crippen LogP contribution < -0.4 is 9.47 Å². The van der Waals surface area contributed by atoms with Crippen molar-refractivity contribution in [2.75, 3.05) is 26.4 Å². The van der Waals surface area contributed by atoms with Crippen LogP contribution in [-0.4, -0.2) is 72.7 Å². The number of ketones is 2. The normalized spacial score (nSPS) is 36.9. The third kappa shape index (κ3) is 4.56. The average molecular weight is 679 g/mol. The fourth-order valence-corrected chi connectivity index (χ4v) is 7.48. The molecule has 5 heterocycles. The Morgan fingerprint density at radius 2 is 0.878 bits per heavy atom. The number of carbonyl (C=O) groups is 4. The zero-order chi connectivity index (χ0) is 35.0. The summed E-state index contributed by atoms with van der Waals surface area (Å²) < 4.78 is 49.0. The Balaban J connectivity index is 1.20. The van der Waals surface area contributed by atoms with E-state index in [1.807, 2.05) is 0 Å². The molecule has 0 saturated carbocycles. The van der Waals surface area contributed by atoms with Crippen LogP contribution in [-0.2, 0) is 47.6 Å². The Bertz CT molecular complexity index is 1590. The molecule has 5 aliphatic rings. The molecule has 12 heteroatoms. The van der Waals surface area contributed by atoms with Gasteiger partial charge in [-0.05, 0) is 66.5 Å². The van der Waals surface area contributed by atoms with E-state index in [2.05, 4.69) is 0 Å². The van der Waals surface area contributed by atoms with Gasteiger partial charge in [0.05, 0.1) is 37.3 Å². The van der Waals surface area contributed by atoms with Crippen LogP contribution >= 0.6 is 0 Å². The number of para-hydroxylation sites is 2. The maximum atomic E-state index is 14.0. The third-order valence-electron chi connectivity index (χ3n) is 11.0. The number of ether oxygens (including phenoxy) is 8. The summed E-state index contributed by atoms with van der Waals surface area (Å²) in [7, 11) is 0. The first kappa shape index (κ1) is 33.6. The van der Waals surface area contributed by atoms with Crippen molar-refractivity contribution in [3.8, 4) is 11.5 Å². The van der Waals surface area contributed by atoms with Gasteiger partial charge in [-0.15, -0.1) is 0 Å². The second kappa shape index (κ2) is 11.3. The van der Waals surface area contributed by atoms with Crippen LogP contribution in [0.5, 0.6) is 11.5 Å². The molecular formula is C37H42O12. The molecule has 6 atom stereocenters. The van der Waals surface area contributed by atoms with Gasteiger partial charge in [0.2, 0.25) is 0 Å². The molecule has 2 spiro atoms. The minimum atomic E-state index is -2.05. The molecule has 49 heavy (non-hydrogen) atoms. The first-order valence-corrected chi connectivity index (χ1v) is 16.8. The van der Waals surface area contributed by atoms with E-state index in [9.17, 15) is 19.2 Å². The lowest BCUT2D eigenvalue weighted by molar-refractivity contribution is -0.204. The Kier molecular flexibility index (Phi) is 7.79. The molecule has 6 unspecified atom stereocenters. The molecule has 0 radical (unpaired) electrons. The van der Waals surface area contributed by atoms with Crippen molar-refractivity contribution in [2.24, 2.45) is 10.8 Å². The van der Waals surface area contributed by atoms with E-state index in [4.69, 9.17) is 37.9 Å². The predicted octanol–water partition coefficient (Wildman–Crippen LogP) is 4.72. The van der Waals surface area contributed by atoms with Crippen LogP contribution in [0.25, 0.3) is 0 Å².